The Bertz CT molecular complexity index is 541. The molecular weight excluding hydrogens is 366 g/mol. The van der Waals surface area contributed by atoms with Crippen LogP contribution in [0.1, 0.15) is 48.0 Å². The van der Waals surface area contributed by atoms with E-state index in [9.17, 15) is 0 Å². The Morgan fingerprint density at radius 2 is 1.70 bits per heavy atom. The van der Waals surface area contributed by atoms with E-state index in [1.807, 2.05) is 3.28 Å². The monoisotopic (exact) mass is 390 g/mol. The van der Waals surface area contributed by atoms with Gasteiger partial charge in [-0.3, -0.25) is 0 Å². The fraction of sp³-hybridized carbons (Fsp3) is 0.471. The molecule has 20 heavy (non-hydrogen) atoms. The van der Waals surface area contributed by atoms with E-state index in [1.165, 1.54) is 12.0 Å². The van der Waals surface area contributed by atoms with Crippen LogP contribution in [0.2, 0.25) is 0 Å². The van der Waals surface area contributed by atoms with Crippen molar-refractivity contribution in [2.24, 2.45) is 5.92 Å². The minimum atomic E-state index is -1.72. The van der Waals surface area contributed by atoms with Crippen LogP contribution in [0.25, 0.3) is 0 Å². The Hall–Kier alpha value is 0.293. The predicted octanol–water partition coefficient (Wildman–Crippen LogP) is 5.76. The average molecular weight is 393 g/mol. The molecule has 0 amide bonds. The van der Waals surface area contributed by atoms with Gasteiger partial charge in [-0.15, -0.1) is 24.8 Å². The number of hydrogen-bond acceptors (Lipinski definition) is 0. The second-order valence-electron chi connectivity index (χ2n) is 5.93. The van der Waals surface area contributed by atoms with Gasteiger partial charge in [0.05, 0.1) is 0 Å². The van der Waals surface area contributed by atoms with Gasteiger partial charge in [-0.05, 0) is 0 Å². The zero-order valence-corrected chi connectivity index (χ0v) is 17.4. The molecule has 0 saturated heterocycles. The summed E-state index contributed by atoms with van der Waals surface area (Å²) in [6.45, 7) is 14.0. The maximum atomic E-state index is 2.50. The van der Waals surface area contributed by atoms with Crippen molar-refractivity contribution in [2.45, 2.75) is 48.0 Å². The SMILES string of the molecule is CC1=C(C)C[C]([Zr]([C]2=C(C)C=CC2C)=[C](C)C)=C1.Cl.Cl. The van der Waals surface area contributed by atoms with E-state index in [0.717, 1.165) is 0 Å². The van der Waals surface area contributed by atoms with Crippen molar-refractivity contribution in [1.29, 1.82) is 0 Å². The van der Waals surface area contributed by atoms with Crippen LogP contribution in [0.4, 0.5) is 0 Å². The molecule has 0 aromatic carbocycles. The standard InChI is InChI=1S/2C7H9.C3H6.2ClH.Zr/c1-6-3-4-7(2)5-6;1-6-4-3-5-7(6)2;1-3-2;;;/h3-4,6H,1-2H3;4H,5H2,1-2H3;1-2H3;2*1H;. The van der Waals surface area contributed by atoms with Gasteiger partial charge in [0.2, 0.25) is 0 Å². The Morgan fingerprint density at radius 1 is 1.10 bits per heavy atom. The Balaban J connectivity index is 0.00000180. The van der Waals surface area contributed by atoms with Gasteiger partial charge < -0.3 is 0 Å². The van der Waals surface area contributed by atoms with Crippen LogP contribution in [-0.4, -0.2) is 3.21 Å². The van der Waals surface area contributed by atoms with E-state index in [2.05, 4.69) is 59.8 Å². The summed E-state index contributed by atoms with van der Waals surface area (Å²) in [5.41, 5.74) is 4.66. The zero-order valence-electron chi connectivity index (χ0n) is 13.3. The van der Waals surface area contributed by atoms with Crippen molar-refractivity contribution in [1.82, 2.24) is 0 Å². The Morgan fingerprint density at radius 3 is 2.05 bits per heavy atom. The smallest absolute Gasteiger partial charge is 0.147 e. The molecule has 0 aliphatic heterocycles. The summed E-state index contributed by atoms with van der Waals surface area (Å²) < 4.78 is 5.32. The summed E-state index contributed by atoms with van der Waals surface area (Å²) >= 11 is -1.72. The summed E-state index contributed by atoms with van der Waals surface area (Å²) in [6, 6.07) is 0. The first kappa shape index (κ1) is 20.3. The number of halogens is 2. The fourth-order valence-electron chi connectivity index (χ4n) is 3.04. The van der Waals surface area contributed by atoms with Gasteiger partial charge in [-0.25, -0.2) is 0 Å². The predicted molar refractivity (Wildman–Crippen MR) is 92.9 cm³/mol. The molecule has 0 heterocycles. The normalized spacial score (nSPS) is 20.7. The number of rotatable bonds is 2. The van der Waals surface area contributed by atoms with E-state index in [0.29, 0.717) is 5.92 Å². The first-order chi connectivity index (χ1) is 8.41. The van der Waals surface area contributed by atoms with E-state index in [1.54, 1.807) is 17.6 Å². The molecule has 0 aromatic heterocycles. The minimum absolute atomic E-state index is 0. The van der Waals surface area contributed by atoms with Crippen LogP contribution < -0.4 is 0 Å². The molecular formula is C17H26Cl2Zr. The molecule has 2 aliphatic rings. The molecule has 1 unspecified atom stereocenters. The van der Waals surface area contributed by atoms with Gasteiger partial charge in [0.1, 0.15) is 0 Å². The summed E-state index contributed by atoms with van der Waals surface area (Å²) in [5.74, 6) is 0.677. The molecule has 0 fully saturated rings. The summed E-state index contributed by atoms with van der Waals surface area (Å²) in [6.07, 6.45) is 8.47. The third-order valence-corrected chi connectivity index (χ3v) is 12.4. The second kappa shape index (κ2) is 8.07. The quantitative estimate of drug-likeness (QED) is 0.560. The molecule has 2 aliphatic carbocycles. The van der Waals surface area contributed by atoms with Crippen molar-refractivity contribution < 1.29 is 21.3 Å². The van der Waals surface area contributed by atoms with Crippen molar-refractivity contribution in [3.05, 3.63) is 41.5 Å². The molecule has 0 bridgehead atoms. The number of hydrogen-bond donors (Lipinski definition) is 0. The van der Waals surface area contributed by atoms with Crippen LogP contribution in [0, 0.1) is 5.92 Å². The molecule has 0 radical (unpaired) electrons. The van der Waals surface area contributed by atoms with Crippen LogP contribution >= 0.6 is 24.8 Å². The van der Waals surface area contributed by atoms with Crippen LogP contribution in [-0.2, 0) is 21.3 Å². The van der Waals surface area contributed by atoms with Crippen LogP contribution in [0.5, 0.6) is 0 Å². The summed E-state index contributed by atoms with van der Waals surface area (Å²) in [7, 11) is 0. The minimum Gasteiger partial charge on any atom is -0.147 e. The van der Waals surface area contributed by atoms with Crippen molar-refractivity contribution in [3.8, 4) is 0 Å². The van der Waals surface area contributed by atoms with Crippen LogP contribution in [0.15, 0.2) is 41.5 Å². The third-order valence-electron chi connectivity index (χ3n) is 4.13. The maximum absolute atomic E-state index is 2.50. The summed E-state index contributed by atoms with van der Waals surface area (Å²) in [4.78, 5) is 0. The van der Waals surface area contributed by atoms with Crippen molar-refractivity contribution in [2.75, 3.05) is 0 Å². The molecule has 0 nitrogen and oxygen atoms in total. The molecule has 3 heteroatoms. The first-order valence-electron chi connectivity index (χ1n) is 6.86. The molecule has 2 rings (SSSR count). The van der Waals surface area contributed by atoms with Crippen molar-refractivity contribution >= 4 is 28.0 Å². The van der Waals surface area contributed by atoms with Gasteiger partial charge in [0.15, 0.2) is 0 Å². The van der Waals surface area contributed by atoms with E-state index in [-0.39, 0.29) is 24.8 Å². The van der Waals surface area contributed by atoms with Gasteiger partial charge >= 0.3 is 120 Å². The largest absolute Gasteiger partial charge is 0.147 e. The van der Waals surface area contributed by atoms with E-state index < -0.39 is 21.3 Å². The molecule has 112 valence electrons. The third kappa shape index (κ3) is 3.93. The van der Waals surface area contributed by atoms with Gasteiger partial charge in [0, 0.05) is 0 Å². The summed E-state index contributed by atoms with van der Waals surface area (Å²) in [5, 5.41) is 0. The Kier molecular flexibility index (Phi) is 8.18. The van der Waals surface area contributed by atoms with Crippen LogP contribution in [0.3, 0.4) is 0 Å². The second-order valence-corrected chi connectivity index (χ2v) is 13.1. The molecule has 0 N–H and O–H groups in total. The Labute approximate surface area is 144 Å². The van der Waals surface area contributed by atoms with Crippen molar-refractivity contribution in [3.63, 3.8) is 0 Å². The fourth-order valence-corrected chi connectivity index (χ4v) is 11.3. The van der Waals surface area contributed by atoms with Gasteiger partial charge in [0.25, 0.3) is 0 Å². The molecule has 0 aromatic rings. The van der Waals surface area contributed by atoms with Gasteiger partial charge in [-0.2, -0.15) is 0 Å². The average Bonchev–Trinajstić information content (AvgIpc) is 2.76. The first-order valence-corrected chi connectivity index (χ1v) is 10.5. The maximum Gasteiger partial charge on any atom is -0.147 e. The van der Waals surface area contributed by atoms with E-state index in [4.69, 9.17) is 0 Å². The molecule has 0 saturated carbocycles. The molecule has 1 atom stereocenters. The topological polar surface area (TPSA) is 0 Å². The zero-order chi connectivity index (χ0) is 13.4. The molecule has 0 spiro atoms. The number of allylic oxidation sites excluding steroid dienone is 8. The van der Waals surface area contributed by atoms with E-state index >= 15 is 0 Å². The van der Waals surface area contributed by atoms with Gasteiger partial charge in [-0.1, -0.05) is 0 Å².